The van der Waals surface area contributed by atoms with Crippen molar-refractivity contribution in [3.63, 3.8) is 0 Å². The van der Waals surface area contributed by atoms with E-state index in [1.165, 1.54) is 0 Å². The van der Waals surface area contributed by atoms with E-state index in [-0.39, 0.29) is 0 Å². The summed E-state index contributed by atoms with van der Waals surface area (Å²) in [6, 6.07) is 0. The smallest absolute Gasteiger partial charge is 0.226 e. The Morgan fingerprint density at radius 2 is 2.24 bits per heavy atom. The molecule has 0 spiro atoms. The van der Waals surface area contributed by atoms with Gasteiger partial charge in [0.1, 0.15) is 5.52 Å². The van der Waals surface area contributed by atoms with Crippen LogP contribution in [0.15, 0.2) is 6.33 Å². The predicted molar refractivity (Wildman–Crippen MR) is 69.2 cm³/mol. The van der Waals surface area contributed by atoms with Crippen LogP contribution >= 0.6 is 0 Å². The highest BCUT2D eigenvalue weighted by Crippen LogP contribution is 2.18. The van der Waals surface area contributed by atoms with Crippen molar-refractivity contribution in [2.24, 2.45) is 5.92 Å². The van der Waals surface area contributed by atoms with E-state index in [0.29, 0.717) is 17.5 Å². The topological polar surface area (TPSA) is 78.5 Å². The van der Waals surface area contributed by atoms with Gasteiger partial charge in [-0.1, -0.05) is 20.3 Å². The molecule has 1 unspecified atom stereocenters. The Bertz CT molecular complexity index is 492. The number of aromatic nitrogens is 4. The second-order valence-corrected chi connectivity index (χ2v) is 4.14. The maximum atomic E-state index is 4.39. The number of hydrogen-bond acceptors (Lipinski definition) is 5. The largest absolute Gasteiger partial charge is 0.368 e. The van der Waals surface area contributed by atoms with Crippen molar-refractivity contribution in [1.29, 1.82) is 0 Å². The summed E-state index contributed by atoms with van der Waals surface area (Å²) in [5.74, 6) is 1.99. The monoisotopic (exact) mass is 234 g/mol. The molecule has 92 valence electrons. The van der Waals surface area contributed by atoms with Crippen LogP contribution in [-0.4, -0.2) is 33.5 Å². The minimum Gasteiger partial charge on any atom is -0.368 e. The van der Waals surface area contributed by atoms with Gasteiger partial charge in [0.15, 0.2) is 11.5 Å². The van der Waals surface area contributed by atoms with E-state index in [4.69, 9.17) is 0 Å². The van der Waals surface area contributed by atoms with E-state index in [1.54, 1.807) is 13.4 Å². The Hall–Kier alpha value is -1.85. The summed E-state index contributed by atoms with van der Waals surface area (Å²) in [7, 11) is 1.80. The van der Waals surface area contributed by atoms with Crippen LogP contribution < -0.4 is 10.6 Å². The lowest BCUT2D eigenvalue weighted by Gasteiger charge is -2.11. The van der Waals surface area contributed by atoms with Gasteiger partial charge in [-0.25, -0.2) is 4.98 Å². The van der Waals surface area contributed by atoms with Gasteiger partial charge >= 0.3 is 0 Å². The molecule has 2 aromatic rings. The van der Waals surface area contributed by atoms with Crippen LogP contribution in [0.2, 0.25) is 0 Å². The third-order valence-corrected chi connectivity index (χ3v) is 2.82. The van der Waals surface area contributed by atoms with Gasteiger partial charge < -0.3 is 15.6 Å². The summed E-state index contributed by atoms with van der Waals surface area (Å²) in [4.78, 5) is 15.9. The first kappa shape index (κ1) is 11.6. The van der Waals surface area contributed by atoms with Crippen LogP contribution in [0, 0.1) is 5.92 Å². The predicted octanol–water partition coefficient (Wildman–Crippen LogP) is 1.85. The zero-order valence-electron chi connectivity index (χ0n) is 10.4. The van der Waals surface area contributed by atoms with Crippen molar-refractivity contribution in [2.75, 3.05) is 24.2 Å². The molecule has 0 aliphatic heterocycles. The summed E-state index contributed by atoms with van der Waals surface area (Å²) in [5, 5.41) is 6.27. The molecule has 2 rings (SSSR count). The Morgan fingerprint density at radius 3 is 2.94 bits per heavy atom. The van der Waals surface area contributed by atoms with Crippen LogP contribution in [0.4, 0.5) is 11.8 Å². The van der Waals surface area contributed by atoms with Gasteiger partial charge in [0.2, 0.25) is 5.95 Å². The molecule has 6 heteroatoms. The number of H-pyrrole nitrogens is 1. The molecule has 2 aromatic heterocycles. The molecule has 17 heavy (non-hydrogen) atoms. The maximum Gasteiger partial charge on any atom is 0.226 e. The zero-order chi connectivity index (χ0) is 12.3. The van der Waals surface area contributed by atoms with Gasteiger partial charge in [-0.15, -0.1) is 0 Å². The molecule has 3 N–H and O–H groups in total. The number of nitrogens with one attached hydrogen (secondary N) is 3. The average molecular weight is 234 g/mol. The number of aromatic amines is 1. The summed E-state index contributed by atoms with van der Waals surface area (Å²) < 4.78 is 0. The van der Waals surface area contributed by atoms with Gasteiger partial charge in [0, 0.05) is 13.6 Å². The Morgan fingerprint density at radius 1 is 1.41 bits per heavy atom. The Labute approximate surface area is 100 Å². The number of hydrogen-bond donors (Lipinski definition) is 3. The van der Waals surface area contributed by atoms with E-state index in [9.17, 15) is 0 Å². The van der Waals surface area contributed by atoms with Crippen molar-refractivity contribution in [1.82, 2.24) is 19.9 Å². The molecule has 0 fully saturated rings. The number of rotatable bonds is 5. The normalized spacial score (nSPS) is 12.6. The Kier molecular flexibility index (Phi) is 3.41. The highest BCUT2D eigenvalue weighted by Gasteiger charge is 2.09. The minimum absolute atomic E-state index is 0.580. The van der Waals surface area contributed by atoms with Crippen LogP contribution in [-0.2, 0) is 0 Å². The fraction of sp³-hybridized carbons (Fsp3) is 0.545. The molecule has 0 aliphatic rings. The van der Waals surface area contributed by atoms with Crippen molar-refractivity contribution in [2.45, 2.75) is 20.3 Å². The van der Waals surface area contributed by atoms with Crippen molar-refractivity contribution < 1.29 is 0 Å². The molecule has 0 saturated heterocycles. The highest BCUT2D eigenvalue weighted by molar-refractivity contribution is 5.83. The zero-order valence-corrected chi connectivity index (χ0v) is 10.4. The first-order chi connectivity index (χ1) is 8.24. The van der Waals surface area contributed by atoms with Crippen LogP contribution in [0.1, 0.15) is 20.3 Å². The van der Waals surface area contributed by atoms with Gasteiger partial charge in [-0.3, -0.25) is 0 Å². The summed E-state index contributed by atoms with van der Waals surface area (Å²) in [6.07, 6.45) is 2.77. The first-order valence-corrected chi connectivity index (χ1v) is 5.87. The number of imidazole rings is 1. The SMILES string of the molecule is CCC(C)CNc1nc(NC)nc2nc[nH]c12. The second kappa shape index (κ2) is 4.99. The number of fused-ring (bicyclic) bond motifs is 1. The highest BCUT2D eigenvalue weighted by atomic mass is 15.2. The minimum atomic E-state index is 0.580. The maximum absolute atomic E-state index is 4.39. The van der Waals surface area contributed by atoms with Gasteiger partial charge in [0.25, 0.3) is 0 Å². The molecule has 6 nitrogen and oxygen atoms in total. The fourth-order valence-electron chi connectivity index (χ4n) is 1.49. The lowest BCUT2D eigenvalue weighted by Crippen LogP contribution is -2.12. The van der Waals surface area contributed by atoms with E-state index >= 15 is 0 Å². The van der Waals surface area contributed by atoms with Gasteiger partial charge in [-0.05, 0) is 5.92 Å². The molecule has 0 aromatic carbocycles. The lowest BCUT2D eigenvalue weighted by atomic mass is 10.1. The molecular weight excluding hydrogens is 216 g/mol. The van der Waals surface area contributed by atoms with Crippen molar-refractivity contribution in [3.05, 3.63) is 6.33 Å². The molecule has 0 amide bonds. The third-order valence-electron chi connectivity index (χ3n) is 2.82. The third kappa shape index (κ3) is 2.46. The van der Waals surface area contributed by atoms with E-state index < -0.39 is 0 Å². The van der Waals surface area contributed by atoms with Gasteiger partial charge in [0.05, 0.1) is 6.33 Å². The standard InChI is InChI=1S/C11H18N6/c1-4-7(2)5-13-9-8-10(15-6-14-8)17-11(12-3)16-9/h6-7H,4-5H2,1-3H3,(H3,12,13,14,15,16,17). The summed E-state index contributed by atoms with van der Waals surface area (Å²) in [5.41, 5.74) is 1.53. The Balaban J connectivity index is 2.27. The second-order valence-electron chi connectivity index (χ2n) is 4.14. The van der Waals surface area contributed by atoms with Crippen LogP contribution in [0.5, 0.6) is 0 Å². The fourth-order valence-corrected chi connectivity index (χ4v) is 1.49. The molecular formula is C11H18N6. The van der Waals surface area contributed by atoms with Crippen molar-refractivity contribution in [3.8, 4) is 0 Å². The molecule has 0 aliphatic carbocycles. The van der Waals surface area contributed by atoms with E-state index in [1.807, 2.05) is 0 Å². The summed E-state index contributed by atoms with van der Waals surface area (Å²) >= 11 is 0. The van der Waals surface area contributed by atoms with Gasteiger partial charge in [-0.2, -0.15) is 9.97 Å². The van der Waals surface area contributed by atoms with Crippen molar-refractivity contribution >= 4 is 22.9 Å². The molecule has 0 radical (unpaired) electrons. The first-order valence-electron chi connectivity index (χ1n) is 5.87. The molecule has 1 atom stereocenters. The average Bonchev–Trinajstić information content (AvgIpc) is 2.83. The summed E-state index contributed by atoms with van der Waals surface area (Å²) in [6.45, 7) is 5.28. The van der Waals surface area contributed by atoms with Crippen LogP contribution in [0.25, 0.3) is 11.2 Å². The van der Waals surface area contributed by atoms with Crippen LogP contribution in [0.3, 0.4) is 0 Å². The quantitative estimate of drug-likeness (QED) is 0.736. The molecule has 2 heterocycles. The molecule has 0 saturated carbocycles. The number of nitrogens with zero attached hydrogens (tertiary/aromatic N) is 3. The molecule has 0 bridgehead atoms. The van der Waals surface area contributed by atoms with E-state index in [0.717, 1.165) is 24.3 Å². The lowest BCUT2D eigenvalue weighted by molar-refractivity contribution is 0.593. The van der Waals surface area contributed by atoms with E-state index in [2.05, 4.69) is 44.4 Å². The number of anilines is 2.